The maximum Gasteiger partial charge on any atom is 0.333 e. The van der Waals surface area contributed by atoms with Crippen LogP contribution in [0.25, 0.3) is 0 Å². The maximum atomic E-state index is 11.7. The van der Waals surface area contributed by atoms with Gasteiger partial charge in [-0.3, -0.25) is 0 Å². The third-order valence-electron chi connectivity index (χ3n) is 3.58. The summed E-state index contributed by atoms with van der Waals surface area (Å²) in [7, 11) is 0. The van der Waals surface area contributed by atoms with Crippen LogP contribution in [0.4, 0.5) is 0 Å². The lowest BCUT2D eigenvalue weighted by Crippen LogP contribution is -2.47. The summed E-state index contributed by atoms with van der Waals surface area (Å²) in [5.74, 6) is -0.263. The minimum absolute atomic E-state index is 0.0445. The molecule has 0 aromatic carbocycles. The number of thioether (sulfide) groups is 1. The molecule has 2 aliphatic rings. The van der Waals surface area contributed by atoms with Gasteiger partial charge in [-0.25, -0.2) is 4.79 Å². The second-order valence-corrected chi connectivity index (χ2v) is 7.56. The van der Waals surface area contributed by atoms with Crippen LogP contribution in [-0.2, 0) is 14.3 Å². The fourth-order valence-electron chi connectivity index (χ4n) is 2.71. The molecule has 2 aliphatic heterocycles. The molecule has 20 heavy (non-hydrogen) atoms. The summed E-state index contributed by atoms with van der Waals surface area (Å²) < 4.78 is 11.1. The molecule has 0 aromatic heterocycles. The molecular weight excluding hydrogens is 342 g/mol. The number of fused-ring (bicyclic) bond motifs is 1. The van der Waals surface area contributed by atoms with E-state index in [2.05, 4.69) is 27.8 Å². The Morgan fingerprint density at radius 1 is 1.70 bits per heavy atom. The predicted octanol–water partition coefficient (Wildman–Crippen LogP) is 3.12. The van der Waals surface area contributed by atoms with Crippen molar-refractivity contribution >= 4 is 33.7 Å². The largest absolute Gasteiger partial charge is 0.463 e. The van der Waals surface area contributed by atoms with Gasteiger partial charge < -0.3 is 14.4 Å². The smallest absolute Gasteiger partial charge is 0.333 e. The van der Waals surface area contributed by atoms with Crippen LogP contribution in [-0.4, -0.2) is 46.9 Å². The number of nitrogens with zero attached hydrogens (tertiary/aromatic N) is 1. The van der Waals surface area contributed by atoms with Crippen molar-refractivity contribution in [2.45, 2.75) is 44.1 Å². The topological polar surface area (TPSA) is 38.8 Å². The van der Waals surface area contributed by atoms with Crippen molar-refractivity contribution in [3.63, 3.8) is 0 Å². The minimum atomic E-state index is -0.263. The number of carbonyl (C=O) groups is 1. The Kier molecular flexibility index (Phi) is 5.81. The molecule has 4 nitrogen and oxygen atoms in total. The second-order valence-electron chi connectivity index (χ2n) is 5.21. The van der Waals surface area contributed by atoms with Crippen molar-refractivity contribution in [2.24, 2.45) is 0 Å². The molecular formula is C14H22BrNO3S. The van der Waals surface area contributed by atoms with E-state index in [4.69, 9.17) is 9.47 Å². The van der Waals surface area contributed by atoms with Crippen molar-refractivity contribution in [3.8, 4) is 0 Å². The van der Waals surface area contributed by atoms with Crippen molar-refractivity contribution in [2.75, 3.05) is 25.1 Å². The lowest BCUT2D eigenvalue weighted by atomic mass is 9.99. The Bertz CT molecular complexity index is 391. The van der Waals surface area contributed by atoms with Crippen LogP contribution in [0.5, 0.6) is 0 Å². The van der Waals surface area contributed by atoms with E-state index in [0.717, 1.165) is 42.8 Å². The minimum Gasteiger partial charge on any atom is -0.463 e. The zero-order valence-electron chi connectivity index (χ0n) is 12.1. The summed E-state index contributed by atoms with van der Waals surface area (Å²) in [6.07, 6.45) is 4.92. The highest BCUT2D eigenvalue weighted by Gasteiger charge is 2.49. The molecule has 114 valence electrons. The van der Waals surface area contributed by atoms with Crippen molar-refractivity contribution < 1.29 is 14.3 Å². The Balaban J connectivity index is 2.18. The Morgan fingerprint density at radius 3 is 3.20 bits per heavy atom. The molecule has 0 aliphatic carbocycles. The summed E-state index contributed by atoms with van der Waals surface area (Å²) >= 11 is 5.22. The molecule has 0 saturated carbocycles. The Labute approximate surface area is 133 Å². The fraction of sp³-hybridized carbons (Fsp3) is 0.786. The fourth-order valence-corrected chi connectivity index (χ4v) is 4.44. The standard InChI is InChI=1S/C14H22BrNO3S/c1-3-18-12(17)10-11-16(8-5-7-15)13-14(2,20-11)6-4-9-19-13/h10,13H,3-9H2,1-2H3/b11-10-/t13-,14+/m1/s1. The number of carbonyl (C=O) groups excluding carboxylic acids is 1. The first-order valence-corrected chi connectivity index (χ1v) is 9.06. The van der Waals surface area contributed by atoms with Crippen LogP contribution in [0.2, 0.25) is 0 Å². The van der Waals surface area contributed by atoms with Gasteiger partial charge in [-0.05, 0) is 33.1 Å². The van der Waals surface area contributed by atoms with E-state index in [9.17, 15) is 4.79 Å². The lowest BCUT2D eigenvalue weighted by Gasteiger charge is -2.38. The van der Waals surface area contributed by atoms with E-state index in [1.54, 1.807) is 17.8 Å². The third kappa shape index (κ3) is 3.52. The van der Waals surface area contributed by atoms with Crippen molar-refractivity contribution in [1.82, 2.24) is 4.90 Å². The summed E-state index contributed by atoms with van der Waals surface area (Å²) in [5, 5.41) is 1.93. The third-order valence-corrected chi connectivity index (χ3v) is 5.57. The Hall–Kier alpha value is -0.200. The van der Waals surface area contributed by atoms with Crippen molar-refractivity contribution in [3.05, 3.63) is 11.1 Å². The first-order valence-electron chi connectivity index (χ1n) is 7.12. The number of hydrogen-bond acceptors (Lipinski definition) is 5. The van der Waals surface area contributed by atoms with Crippen molar-refractivity contribution in [1.29, 1.82) is 0 Å². The molecule has 2 atom stereocenters. The molecule has 0 spiro atoms. The van der Waals surface area contributed by atoms with E-state index in [1.807, 2.05) is 6.92 Å². The van der Waals surface area contributed by atoms with Crippen LogP contribution in [0, 0.1) is 0 Å². The van der Waals surface area contributed by atoms with E-state index in [0.29, 0.717) is 6.61 Å². The van der Waals surface area contributed by atoms with E-state index in [1.165, 1.54) is 0 Å². The summed E-state index contributed by atoms with van der Waals surface area (Å²) in [6.45, 7) is 6.16. The van der Waals surface area contributed by atoms with Gasteiger partial charge in [0.1, 0.15) is 6.23 Å². The first kappa shape index (κ1) is 16.2. The number of alkyl halides is 1. The molecule has 0 unspecified atom stereocenters. The van der Waals surface area contributed by atoms with Crippen LogP contribution in [0.15, 0.2) is 11.1 Å². The molecule has 2 fully saturated rings. The van der Waals surface area contributed by atoms with E-state index in [-0.39, 0.29) is 16.9 Å². The molecule has 2 rings (SSSR count). The average Bonchev–Trinajstić information content (AvgIpc) is 2.68. The lowest BCUT2D eigenvalue weighted by molar-refractivity contribution is -0.137. The molecule has 0 radical (unpaired) electrons. The van der Waals surface area contributed by atoms with Gasteiger partial charge in [-0.2, -0.15) is 0 Å². The van der Waals surface area contributed by atoms with Crippen LogP contribution in [0.1, 0.15) is 33.1 Å². The van der Waals surface area contributed by atoms with Gasteiger partial charge in [0.2, 0.25) is 0 Å². The first-order chi connectivity index (χ1) is 9.60. The van der Waals surface area contributed by atoms with E-state index < -0.39 is 0 Å². The normalized spacial score (nSPS) is 31.4. The van der Waals surface area contributed by atoms with Gasteiger partial charge in [0.15, 0.2) is 0 Å². The molecule has 0 amide bonds. The second kappa shape index (κ2) is 7.18. The van der Waals surface area contributed by atoms with Gasteiger partial charge in [0.25, 0.3) is 0 Å². The summed E-state index contributed by atoms with van der Waals surface area (Å²) in [5.41, 5.74) is 0. The number of ether oxygens (including phenoxy) is 2. The number of rotatable bonds is 5. The average molecular weight is 364 g/mol. The summed E-state index contributed by atoms with van der Waals surface area (Å²) in [6, 6.07) is 0. The number of halogens is 1. The zero-order chi connectivity index (χ0) is 14.6. The van der Waals surface area contributed by atoms with Gasteiger partial charge in [-0.15, -0.1) is 0 Å². The van der Waals surface area contributed by atoms with Crippen LogP contribution >= 0.6 is 27.7 Å². The Morgan fingerprint density at radius 2 is 2.50 bits per heavy atom. The number of esters is 1. The molecule has 6 heteroatoms. The molecule has 2 saturated heterocycles. The van der Waals surface area contributed by atoms with Gasteiger partial charge in [0, 0.05) is 18.5 Å². The molecule has 0 N–H and O–H groups in total. The number of hydrogen-bond donors (Lipinski definition) is 0. The van der Waals surface area contributed by atoms with Crippen LogP contribution < -0.4 is 0 Å². The highest BCUT2D eigenvalue weighted by atomic mass is 79.9. The van der Waals surface area contributed by atoms with Gasteiger partial charge >= 0.3 is 5.97 Å². The van der Waals surface area contributed by atoms with Gasteiger partial charge in [0.05, 0.1) is 22.5 Å². The van der Waals surface area contributed by atoms with E-state index >= 15 is 0 Å². The maximum absolute atomic E-state index is 11.7. The highest BCUT2D eigenvalue weighted by molar-refractivity contribution is 9.09. The quantitative estimate of drug-likeness (QED) is 0.426. The van der Waals surface area contributed by atoms with Crippen LogP contribution in [0.3, 0.4) is 0 Å². The zero-order valence-corrected chi connectivity index (χ0v) is 14.5. The highest BCUT2D eigenvalue weighted by Crippen LogP contribution is 2.51. The monoisotopic (exact) mass is 363 g/mol. The summed E-state index contributed by atoms with van der Waals surface area (Å²) in [4.78, 5) is 14.0. The predicted molar refractivity (Wildman–Crippen MR) is 84.8 cm³/mol. The molecule has 0 aromatic rings. The SMILES string of the molecule is CCOC(=O)/C=C1\S[C@@]2(C)CCCO[C@H]2N1CCCBr. The molecule has 2 heterocycles. The molecule has 0 bridgehead atoms. The van der Waals surface area contributed by atoms with Gasteiger partial charge in [-0.1, -0.05) is 27.7 Å².